The molecule has 7 heteroatoms. The number of aromatic hydroxyl groups is 1. The maximum Gasteiger partial charge on any atom is 0.339 e. The van der Waals surface area contributed by atoms with E-state index in [1.807, 2.05) is 36.4 Å². The van der Waals surface area contributed by atoms with Gasteiger partial charge in [-0.15, -0.1) is 0 Å². The number of carboxylic acid groups (broad SMARTS) is 1. The monoisotopic (exact) mass is 391 g/mol. The molecule has 0 atom stereocenters. The molecule has 0 aliphatic carbocycles. The molecule has 0 radical (unpaired) electrons. The summed E-state index contributed by atoms with van der Waals surface area (Å²) in [5, 5.41) is 23.4. The molecule has 28 heavy (non-hydrogen) atoms. The van der Waals surface area contributed by atoms with E-state index in [0.29, 0.717) is 16.7 Å². The third kappa shape index (κ3) is 3.45. The van der Waals surface area contributed by atoms with Crippen LogP contribution in [0.5, 0.6) is 5.75 Å². The number of carboxylic acids is 1. The van der Waals surface area contributed by atoms with E-state index in [1.54, 1.807) is 18.2 Å². The summed E-state index contributed by atoms with van der Waals surface area (Å²) in [5.74, 6) is -1.22. The Balaban J connectivity index is 1.81. The second-order valence-electron chi connectivity index (χ2n) is 6.08. The third-order valence-electron chi connectivity index (χ3n) is 4.20. The second kappa shape index (κ2) is 7.17. The van der Waals surface area contributed by atoms with Gasteiger partial charge in [0.1, 0.15) is 11.3 Å². The van der Waals surface area contributed by atoms with E-state index in [1.165, 1.54) is 12.1 Å². The molecule has 0 aliphatic heterocycles. The van der Waals surface area contributed by atoms with Crippen LogP contribution in [0.15, 0.2) is 66.7 Å². The number of fused-ring (bicyclic) bond motifs is 1. The summed E-state index contributed by atoms with van der Waals surface area (Å²) in [6.45, 7) is 0. The van der Waals surface area contributed by atoms with Crippen molar-refractivity contribution in [1.82, 2.24) is 9.97 Å². The molecule has 3 N–H and O–H groups in total. The molecule has 4 rings (SSSR count). The van der Waals surface area contributed by atoms with E-state index in [-0.39, 0.29) is 11.3 Å². The largest absolute Gasteiger partial charge is 0.507 e. The lowest BCUT2D eigenvalue weighted by Gasteiger charge is -2.11. The second-order valence-corrected chi connectivity index (χ2v) is 6.52. The highest BCUT2D eigenvalue weighted by molar-refractivity contribution is 6.30. The number of para-hydroxylation sites is 1. The van der Waals surface area contributed by atoms with Crippen molar-refractivity contribution in [3.63, 3.8) is 0 Å². The molecule has 4 aromatic rings. The Bertz CT molecular complexity index is 1190. The van der Waals surface area contributed by atoms with Crippen LogP contribution >= 0.6 is 11.6 Å². The van der Waals surface area contributed by atoms with E-state index in [0.717, 1.165) is 22.2 Å². The smallest absolute Gasteiger partial charge is 0.339 e. The highest BCUT2D eigenvalue weighted by atomic mass is 35.5. The van der Waals surface area contributed by atoms with Gasteiger partial charge in [-0.05, 0) is 36.4 Å². The van der Waals surface area contributed by atoms with Gasteiger partial charge in [-0.1, -0.05) is 41.9 Å². The number of nitrogens with one attached hydrogen (secondary N) is 1. The van der Waals surface area contributed by atoms with Crippen LogP contribution < -0.4 is 5.32 Å². The van der Waals surface area contributed by atoms with Crippen molar-refractivity contribution < 1.29 is 15.0 Å². The fourth-order valence-corrected chi connectivity index (χ4v) is 3.00. The van der Waals surface area contributed by atoms with Crippen LogP contribution in [0.3, 0.4) is 0 Å². The van der Waals surface area contributed by atoms with Crippen LogP contribution in [0, 0.1) is 0 Å². The molecule has 6 nitrogen and oxygen atoms in total. The lowest BCUT2D eigenvalue weighted by atomic mass is 10.1. The Hall–Kier alpha value is -3.64. The summed E-state index contributed by atoms with van der Waals surface area (Å²) in [6.07, 6.45) is 0. The van der Waals surface area contributed by atoms with E-state index in [2.05, 4.69) is 15.3 Å². The molecule has 1 heterocycles. The van der Waals surface area contributed by atoms with Crippen molar-refractivity contribution in [1.29, 1.82) is 0 Å². The first-order valence-corrected chi connectivity index (χ1v) is 8.75. The third-order valence-corrected chi connectivity index (χ3v) is 4.46. The van der Waals surface area contributed by atoms with Crippen LogP contribution in [-0.2, 0) is 0 Å². The van der Waals surface area contributed by atoms with E-state index >= 15 is 0 Å². The molecule has 1 aromatic heterocycles. The lowest BCUT2D eigenvalue weighted by Crippen LogP contribution is -2.02. The number of nitrogens with zero attached hydrogens (tertiary/aromatic N) is 2. The summed E-state index contributed by atoms with van der Waals surface area (Å²) in [7, 11) is 0. The fraction of sp³-hybridized carbons (Fsp3) is 0. The standard InChI is InChI=1S/C21H14ClN3O3/c22-13-7-5-12(6-8-13)19-15-3-1-2-4-17(15)24-21(25-19)23-14-9-10-18(26)16(11-14)20(27)28/h1-11,26H,(H,27,28)(H,23,24,25). The molecular weight excluding hydrogens is 378 g/mol. The number of benzene rings is 3. The zero-order valence-electron chi connectivity index (χ0n) is 14.4. The van der Waals surface area contributed by atoms with Crippen molar-refractivity contribution >= 4 is 40.1 Å². The number of aromatic carboxylic acids is 1. The first-order valence-electron chi connectivity index (χ1n) is 8.37. The Kier molecular flexibility index (Phi) is 4.55. The molecule has 0 bridgehead atoms. The van der Waals surface area contributed by atoms with Crippen LogP contribution in [0.25, 0.3) is 22.2 Å². The van der Waals surface area contributed by atoms with Gasteiger partial charge in [-0.25, -0.2) is 14.8 Å². The minimum absolute atomic E-state index is 0.205. The Morgan fingerprint density at radius 3 is 2.46 bits per heavy atom. The number of hydrogen-bond donors (Lipinski definition) is 3. The van der Waals surface area contributed by atoms with E-state index < -0.39 is 5.97 Å². The first kappa shape index (κ1) is 17.8. The number of carbonyl (C=O) groups is 1. The number of hydrogen-bond acceptors (Lipinski definition) is 5. The van der Waals surface area contributed by atoms with Gasteiger partial charge in [0.05, 0.1) is 11.2 Å². The lowest BCUT2D eigenvalue weighted by molar-refractivity contribution is 0.0694. The van der Waals surface area contributed by atoms with Crippen molar-refractivity contribution in [3.8, 4) is 17.0 Å². The zero-order valence-corrected chi connectivity index (χ0v) is 15.2. The minimum atomic E-state index is -1.22. The van der Waals surface area contributed by atoms with Crippen LogP contribution in [-0.4, -0.2) is 26.2 Å². The number of halogens is 1. The molecule has 0 saturated carbocycles. The maximum atomic E-state index is 11.2. The quantitative estimate of drug-likeness (QED) is 0.419. The summed E-state index contributed by atoms with van der Waals surface area (Å²) < 4.78 is 0. The summed E-state index contributed by atoms with van der Waals surface area (Å²) >= 11 is 6.00. The van der Waals surface area contributed by atoms with Gasteiger partial charge < -0.3 is 15.5 Å². The number of rotatable bonds is 4. The average Bonchev–Trinajstić information content (AvgIpc) is 2.69. The zero-order chi connectivity index (χ0) is 19.7. The summed E-state index contributed by atoms with van der Waals surface area (Å²) in [5.41, 5.74) is 2.59. The van der Waals surface area contributed by atoms with Gasteiger partial charge in [0.25, 0.3) is 0 Å². The van der Waals surface area contributed by atoms with Crippen molar-refractivity contribution in [2.75, 3.05) is 5.32 Å². The van der Waals surface area contributed by atoms with Crippen molar-refractivity contribution in [2.45, 2.75) is 0 Å². The first-order chi connectivity index (χ1) is 13.5. The molecule has 0 spiro atoms. The minimum Gasteiger partial charge on any atom is -0.507 e. The molecule has 0 aliphatic rings. The van der Waals surface area contributed by atoms with Gasteiger partial charge in [-0.2, -0.15) is 0 Å². The van der Waals surface area contributed by atoms with Gasteiger partial charge in [0.15, 0.2) is 0 Å². The molecule has 0 fully saturated rings. The van der Waals surface area contributed by atoms with Crippen LogP contribution in [0.1, 0.15) is 10.4 Å². The Labute approximate surface area is 165 Å². The highest BCUT2D eigenvalue weighted by Crippen LogP contribution is 2.30. The Morgan fingerprint density at radius 1 is 0.964 bits per heavy atom. The molecule has 0 amide bonds. The predicted molar refractivity (Wildman–Crippen MR) is 108 cm³/mol. The van der Waals surface area contributed by atoms with E-state index in [9.17, 15) is 15.0 Å². The predicted octanol–water partition coefficient (Wildman–Crippen LogP) is 5.10. The number of aromatic nitrogens is 2. The van der Waals surface area contributed by atoms with Gasteiger partial charge in [0, 0.05) is 21.7 Å². The van der Waals surface area contributed by atoms with E-state index in [4.69, 9.17) is 11.6 Å². The maximum absolute atomic E-state index is 11.2. The van der Waals surface area contributed by atoms with Crippen LogP contribution in [0.4, 0.5) is 11.6 Å². The number of phenols is 1. The molecule has 138 valence electrons. The van der Waals surface area contributed by atoms with Gasteiger partial charge in [0.2, 0.25) is 5.95 Å². The Morgan fingerprint density at radius 2 is 1.71 bits per heavy atom. The normalized spacial score (nSPS) is 10.8. The summed E-state index contributed by atoms with van der Waals surface area (Å²) in [6, 6.07) is 19.2. The van der Waals surface area contributed by atoms with Gasteiger partial charge >= 0.3 is 5.97 Å². The van der Waals surface area contributed by atoms with Gasteiger partial charge in [-0.3, -0.25) is 0 Å². The summed E-state index contributed by atoms with van der Waals surface area (Å²) in [4.78, 5) is 20.4. The van der Waals surface area contributed by atoms with Crippen molar-refractivity contribution in [2.24, 2.45) is 0 Å². The van der Waals surface area contributed by atoms with Crippen LogP contribution in [0.2, 0.25) is 5.02 Å². The molecule has 3 aromatic carbocycles. The molecular formula is C21H14ClN3O3. The SMILES string of the molecule is O=C(O)c1cc(Nc2nc(-c3ccc(Cl)cc3)c3ccccc3n2)ccc1O. The molecule has 0 saturated heterocycles. The fourth-order valence-electron chi connectivity index (χ4n) is 2.87. The number of anilines is 2. The molecule has 0 unspecified atom stereocenters. The average molecular weight is 392 g/mol. The topological polar surface area (TPSA) is 95.3 Å². The van der Waals surface area contributed by atoms with Crippen molar-refractivity contribution in [3.05, 3.63) is 77.3 Å². The highest BCUT2D eigenvalue weighted by Gasteiger charge is 2.13.